The Kier molecular flexibility index (Phi) is 4.28. The van der Waals surface area contributed by atoms with Crippen LogP contribution in [0, 0.1) is 0 Å². The number of ether oxygens (including phenoxy) is 1. The fourth-order valence-corrected chi connectivity index (χ4v) is 1.84. The summed E-state index contributed by atoms with van der Waals surface area (Å²) in [6.45, 7) is 2.65. The molecule has 0 spiro atoms. The number of aliphatic hydroxyl groups is 5. The summed E-state index contributed by atoms with van der Waals surface area (Å²) in [5, 5.41) is 47.2. The highest BCUT2D eigenvalue weighted by atomic mass is 16.5. The van der Waals surface area contributed by atoms with Gasteiger partial charge in [0.05, 0.1) is 18.3 Å². The van der Waals surface area contributed by atoms with Crippen LogP contribution in [0.1, 0.15) is 20.3 Å². The fraction of sp³-hybridized carbons (Fsp3) is 1.00. The second kappa shape index (κ2) is 4.95. The Morgan fingerprint density at radius 2 is 1.50 bits per heavy atom. The zero-order chi connectivity index (χ0) is 12.5. The highest BCUT2D eigenvalue weighted by Gasteiger charge is 2.44. The Labute approximate surface area is 94.1 Å². The van der Waals surface area contributed by atoms with Crippen molar-refractivity contribution >= 4 is 0 Å². The Bertz CT molecular complexity index is 224. The van der Waals surface area contributed by atoms with E-state index in [9.17, 15) is 20.4 Å². The lowest BCUT2D eigenvalue weighted by Gasteiger charge is -2.41. The van der Waals surface area contributed by atoms with Crippen LogP contribution in [0.5, 0.6) is 0 Å². The molecular formula is C10H20O6. The predicted octanol–water partition coefficient (Wildman–Crippen LogP) is -2.01. The third-order valence-electron chi connectivity index (χ3n) is 2.69. The monoisotopic (exact) mass is 236 g/mol. The summed E-state index contributed by atoms with van der Waals surface area (Å²) in [5.41, 5.74) is -1.06. The topological polar surface area (TPSA) is 110 Å². The maximum Gasteiger partial charge on any atom is 0.111 e. The Balaban J connectivity index is 2.71. The van der Waals surface area contributed by atoms with Crippen molar-refractivity contribution in [2.75, 3.05) is 6.61 Å². The van der Waals surface area contributed by atoms with E-state index in [1.165, 1.54) is 0 Å². The summed E-state index contributed by atoms with van der Waals surface area (Å²) >= 11 is 0. The van der Waals surface area contributed by atoms with E-state index < -0.39 is 42.7 Å². The molecule has 1 heterocycles. The largest absolute Gasteiger partial charge is 0.394 e. The van der Waals surface area contributed by atoms with Crippen LogP contribution < -0.4 is 0 Å². The van der Waals surface area contributed by atoms with Crippen LogP contribution in [0.3, 0.4) is 0 Å². The molecule has 5 atom stereocenters. The standard InChI is InChI=1S/C10H20O6/c1-10(2,15)3-5-7(12)9(14)8(13)6(4-11)16-5/h5-9,11-15H,3-4H2,1-2H3. The molecule has 0 amide bonds. The zero-order valence-electron chi connectivity index (χ0n) is 9.45. The molecule has 5 N–H and O–H groups in total. The molecule has 1 saturated heterocycles. The minimum atomic E-state index is -1.38. The average Bonchev–Trinajstić information content (AvgIpc) is 2.17. The highest BCUT2D eigenvalue weighted by Crippen LogP contribution is 2.26. The SMILES string of the molecule is CC(C)(O)CC1OC(CO)C(O)C(O)C1O. The van der Waals surface area contributed by atoms with Crippen molar-refractivity contribution in [1.82, 2.24) is 0 Å². The molecule has 0 radical (unpaired) electrons. The van der Waals surface area contributed by atoms with E-state index >= 15 is 0 Å². The van der Waals surface area contributed by atoms with Gasteiger partial charge in [0, 0.05) is 6.42 Å². The molecule has 16 heavy (non-hydrogen) atoms. The van der Waals surface area contributed by atoms with Gasteiger partial charge in [-0.1, -0.05) is 0 Å². The van der Waals surface area contributed by atoms with Gasteiger partial charge in [-0.25, -0.2) is 0 Å². The molecular weight excluding hydrogens is 216 g/mol. The van der Waals surface area contributed by atoms with Gasteiger partial charge >= 0.3 is 0 Å². The lowest BCUT2D eigenvalue weighted by molar-refractivity contribution is -0.237. The molecule has 0 aliphatic carbocycles. The average molecular weight is 236 g/mol. The molecule has 0 aromatic heterocycles. The molecule has 1 aliphatic heterocycles. The van der Waals surface area contributed by atoms with E-state index in [0.29, 0.717) is 0 Å². The van der Waals surface area contributed by atoms with Crippen molar-refractivity contribution in [2.24, 2.45) is 0 Å². The van der Waals surface area contributed by atoms with Crippen molar-refractivity contribution in [3.63, 3.8) is 0 Å². The van der Waals surface area contributed by atoms with E-state index in [-0.39, 0.29) is 6.42 Å². The first-order valence-corrected chi connectivity index (χ1v) is 5.29. The second-order valence-corrected chi connectivity index (χ2v) is 4.88. The lowest BCUT2D eigenvalue weighted by atomic mass is 9.89. The third-order valence-corrected chi connectivity index (χ3v) is 2.69. The van der Waals surface area contributed by atoms with Crippen molar-refractivity contribution < 1.29 is 30.3 Å². The molecule has 1 rings (SSSR count). The van der Waals surface area contributed by atoms with Crippen LogP contribution in [0.15, 0.2) is 0 Å². The summed E-state index contributed by atoms with van der Waals surface area (Å²) in [4.78, 5) is 0. The van der Waals surface area contributed by atoms with E-state index in [1.807, 2.05) is 0 Å². The van der Waals surface area contributed by atoms with Crippen LogP contribution in [-0.2, 0) is 4.74 Å². The molecule has 0 aromatic carbocycles. The van der Waals surface area contributed by atoms with Crippen LogP contribution in [0.4, 0.5) is 0 Å². The molecule has 0 aromatic rings. The van der Waals surface area contributed by atoms with Crippen LogP contribution in [0.25, 0.3) is 0 Å². The molecule has 6 heteroatoms. The van der Waals surface area contributed by atoms with Gasteiger partial charge in [0.1, 0.15) is 24.4 Å². The number of rotatable bonds is 3. The summed E-state index contributed by atoms with van der Waals surface area (Å²) in [5.74, 6) is 0. The van der Waals surface area contributed by atoms with Crippen LogP contribution in [-0.4, -0.2) is 68.3 Å². The highest BCUT2D eigenvalue weighted by molar-refractivity contribution is 4.93. The van der Waals surface area contributed by atoms with Gasteiger partial charge in [-0.3, -0.25) is 0 Å². The minimum absolute atomic E-state index is 0.106. The normalized spacial score (nSPS) is 41.1. The predicted molar refractivity (Wildman–Crippen MR) is 54.7 cm³/mol. The molecule has 5 unspecified atom stereocenters. The molecule has 0 bridgehead atoms. The summed E-state index contributed by atoms with van der Waals surface area (Å²) in [7, 11) is 0. The molecule has 6 nitrogen and oxygen atoms in total. The minimum Gasteiger partial charge on any atom is -0.394 e. The van der Waals surface area contributed by atoms with Gasteiger partial charge in [-0.05, 0) is 13.8 Å². The molecule has 1 aliphatic rings. The van der Waals surface area contributed by atoms with Gasteiger partial charge in [0.15, 0.2) is 0 Å². The van der Waals surface area contributed by atoms with E-state index in [4.69, 9.17) is 9.84 Å². The first-order valence-electron chi connectivity index (χ1n) is 5.29. The summed E-state index contributed by atoms with van der Waals surface area (Å²) in [6, 6.07) is 0. The first kappa shape index (κ1) is 13.8. The van der Waals surface area contributed by atoms with Gasteiger partial charge in [0.2, 0.25) is 0 Å². The van der Waals surface area contributed by atoms with E-state index in [1.54, 1.807) is 13.8 Å². The van der Waals surface area contributed by atoms with Crippen molar-refractivity contribution in [3.8, 4) is 0 Å². The van der Waals surface area contributed by atoms with Crippen LogP contribution in [0.2, 0.25) is 0 Å². The van der Waals surface area contributed by atoms with Crippen molar-refractivity contribution in [3.05, 3.63) is 0 Å². The number of aliphatic hydroxyl groups excluding tert-OH is 4. The maximum absolute atomic E-state index is 9.66. The Hall–Kier alpha value is -0.240. The number of hydrogen-bond donors (Lipinski definition) is 5. The molecule has 96 valence electrons. The zero-order valence-corrected chi connectivity index (χ0v) is 9.45. The van der Waals surface area contributed by atoms with Crippen LogP contribution >= 0.6 is 0 Å². The fourth-order valence-electron chi connectivity index (χ4n) is 1.84. The lowest BCUT2D eigenvalue weighted by Crippen LogP contribution is -2.59. The van der Waals surface area contributed by atoms with E-state index in [0.717, 1.165) is 0 Å². The molecule has 1 fully saturated rings. The summed E-state index contributed by atoms with van der Waals surface area (Å²) in [6.07, 6.45) is -5.61. The van der Waals surface area contributed by atoms with E-state index in [2.05, 4.69) is 0 Å². The van der Waals surface area contributed by atoms with Gasteiger partial charge < -0.3 is 30.3 Å². The number of hydrogen-bond acceptors (Lipinski definition) is 6. The smallest absolute Gasteiger partial charge is 0.111 e. The third kappa shape index (κ3) is 3.13. The molecule has 0 saturated carbocycles. The second-order valence-electron chi connectivity index (χ2n) is 4.88. The first-order chi connectivity index (χ1) is 7.26. The van der Waals surface area contributed by atoms with Crippen molar-refractivity contribution in [1.29, 1.82) is 0 Å². The van der Waals surface area contributed by atoms with Gasteiger partial charge in [-0.2, -0.15) is 0 Å². The van der Waals surface area contributed by atoms with Gasteiger partial charge in [0.25, 0.3) is 0 Å². The Morgan fingerprint density at radius 1 is 1.00 bits per heavy atom. The maximum atomic E-state index is 9.66. The summed E-state index contributed by atoms with van der Waals surface area (Å²) < 4.78 is 5.24. The van der Waals surface area contributed by atoms with Gasteiger partial charge in [-0.15, -0.1) is 0 Å². The van der Waals surface area contributed by atoms with Crippen molar-refractivity contribution in [2.45, 2.75) is 56.4 Å². The Morgan fingerprint density at radius 3 is 1.94 bits per heavy atom. The quantitative estimate of drug-likeness (QED) is 0.387.